The number of primary amides is 1. The topological polar surface area (TPSA) is 170 Å². The number of hydrogen-bond acceptors (Lipinski definition) is 10. The Bertz CT molecular complexity index is 1030. The zero-order valence-electron chi connectivity index (χ0n) is 20.2. The molecule has 1 amide bonds. The maximum Gasteiger partial charge on any atom is 0.459 e. The zero-order chi connectivity index (χ0) is 26.5. The second kappa shape index (κ2) is 12.0. The molecule has 36 heavy (non-hydrogen) atoms. The number of aliphatic hydroxyl groups excluding tert-OH is 2. The van der Waals surface area contributed by atoms with Crippen molar-refractivity contribution in [1.29, 1.82) is 0 Å². The van der Waals surface area contributed by atoms with Gasteiger partial charge >= 0.3 is 13.7 Å². The minimum atomic E-state index is -4.19. The van der Waals surface area contributed by atoms with Crippen LogP contribution in [0.3, 0.4) is 0 Å². The van der Waals surface area contributed by atoms with Gasteiger partial charge in [0.25, 0.3) is 0 Å². The third-order valence-corrected chi connectivity index (χ3v) is 6.95. The fourth-order valence-corrected chi connectivity index (χ4v) is 5.02. The Hall–Kier alpha value is -2.73. The van der Waals surface area contributed by atoms with E-state index in [0.29, 0.717) is 12.0 Å². The summed E-state index contributed by atoms with van der Waals surface area (Å²) in [4.78, 5) is 25.2. The minimum Gasteiger partial charge on any atom is -0.462 e. The first-order valence-corrected chi connectivity index (χ1v) is 13.0. The summed E-state index contributed by atoms with van der Waals surface area (Å²) in [5.74, 6) is -1.06. The van der Waals surface area contributed by atoms with Gasteiger partial charge in [0.1, 0.15) is 30.1 Å². The molecule has 1 aromatic carbocycles. The highest BCUT2D eigenvalue weighted by atomic mass is 31.2. The Morgan fingerprint density at radius 1 is 1.22 bits per heavy atom. The van der Waals surface area contributed by atoms with Crippen LogP contribution < -0.4 is 15.3 Å². The highest BCUT2D eigenvalue weighted by Crippen LogP contribution is 2.45. The van der Waals surface area contributed by atoms with E-state index in [1.54, 1.807) is 56.5 Å². The number of carbonyl (C=O) groups excluding carboxylic acids is 2. The van der Waals surface area contributed by atoms with Crippen LogP contribution in [-0.4, -0.2) is 70.3 Å². The van der Waals surface area contributed by atoms with Crippen LogP contribution in [0.2, 0.25) is 0 Å². The molecule has 0 bridgehead atoms. The molecule has 12 nitrogen and oxygen atoms in total. The van der Waals surface area contributed by atoms with Crippen molar-refractivity contribution in [1.82, 2.24) is 9.99 Å². The molecule has 2 heterocycles. The highest BCUT2D eigenvalue weighted by Gasteiger charge is 2.46. The van der Waals surface area contributed by atoms with Crippen molar-refractivity contribution in [3.05, 3.63) is 54.4 Å². The Balaban J connectivity index is 1.72. The lowest BCUT2D eigenvalue weighted by Crippen LogP contribution is -2.40. The number of nitrogens with one attached hydrogen (secondary N) is 1. The third-order valence-electron chi connectivity index (χ3n) is 5.30. The van der Waals surface area contributed by atoms with Crippen molar-refractivity contribution in [2.45, 2.75) is 63.9 Å². The van der Waals surface area contributed by atoms with Crippen LogP contribution in [0.5, 0.6) is 5.75 Å². The van der Waals surface area contributed by atoms with E-state index in [2.05, 4.69) is 5.09 Å². The number of hydrogen-bond donors (Lipinski definition) is 4. The summed E-state index contributed by atoms with van der Waals surface area (Å²) in [7, 11) is -4.19. The fourth-order valence-electron chi connectivity index (χ4n) is 3.52. The van der Waals surface area contributed by atoms with Gasteiger partial charge in [0.15, 0.2) is 6.23 Å². The summed E-state index contributed by atoms with van der Waals surface area (Å²) in [6, 6.07) is 7.14. The molecule has 2 aliphatic rings. The van der Waals surface area contributed by atoms with Gasteiger partial charge in [-0.25, -0.2) is 4.57 Å². The van der Waals surface area contributed by atoms with Gasteiger partial charge < -0.3 is 34.8 Å². The second-order valence-corrected chi connectivity index (χ2v) is 10.3. The van der Waals surface area contributed by atoms with Gasteiger partial charge in [0.2, 0.25) is 5.91 Å². The summed E-state index contributed by atoms with van der Waals surface area (Å²) < 4.78 is 35.6. The second-order valence-electron chi connectivity index (χ2n) is 8.63. The molecule has 3 unspecified atom stereocenters. The molecule has 3 rings (SSSR count). The summed E-state index contributed by atoms with van der Waals surface area (Å²) in [5, 5.41) is 23.6. The molecule has 0 spiro atoms. The Kier molecular flexibility index (Phi) is 9.29. The molecular formula is C23H32N3O9P. The summed E-state index contributed by atoms with van der Waals surface area (Å²) >= 11 is 0. The fraction of sp³-hybridized carbons (Fsp3) is 0.478. The van der Waals surface area contributed by atoms with Crippen LogP contribution in [-0.2, 0) is 28.2 Å². The average molecular weight is 525 g/mol. The highest BCUT2D eigenvalue weighted by molar-refractivity contribution is 7.52. The molecule has 1 aromatic rings. The third kappa shape index (κ3) is 7.16. The number of carbonyl (C=O) groups is 2. The van der Waals surface area contributed by atoms with Gasteiger partial charge in [-0.15, -0.1) is 0 Å². The molecular weight excluding hydrogens is 493 g/mol. The van der Waals surface area contributed by atoms with Gasteiger partial charge in [-0.3, -0.25) is 14.1 Å². The molecule has 1 saturated heterocycles. The van der Waals surface area contributed by atoms with E-state index in [-0.39, 0.29) is 11.9 Å². The predicted octanol–water partition coefficient (Wildman–Crippen LogP) is 1.16. The normalized spacial score (nSPS) is 26.3. The lowest BCUT2D eigenvalue weighted by Gasteiger charge is -2.28. The van der Waals surface area contributed by atoms with E-state index in [1.165, 1.54) is 18.0 Å². The Morgan fingerprint density at radius 2 is 1.92 bits per heavy atom. The summed E-state index contributed by atoms with van der Waals surface area (Å²) in [6.07, 6.45) is -0.339. The molecule has 6 atom stereocenters. The van der Waals surface area contributed by atoms with E-state index in [4.69, 9.17) is 24.3 Å². The van der Waals surface area contributed by atoms with E-state index >= 15 is 0 Å². The van der Waals surface area contributed by atoms with Crippen molar-refractivity contribution in [3.8, 4) is 5.75 Å². The molecule has 0 saturated carbocycles. The van der Waals surface area contributed by atoms with Crippen molar-refractivity contribution in [3.63, 3.8) is 0 Å². The number of ether oxygens (including phenoxy) is 2. The largest absolute Gasteiger partial charge is 0.462 e. The molecule has 13 heteroatoms. The number of nitrogens with zero attached hydrogens (tertiary/aromatic N) is 1. The standard InChI is InChI=1S/C23H32N3O9P/c1-14(2)33-23(30)15(3)25-36(31,35-17-9-5-4-6-10-17)32-13-18-19(27)20(28)22(34-18)26-11-7-8-16(12-26)21(24)29/h4-7,9-12,14-15,18-20,22,27-28H,8,13H2,1-3H3,(H2,24,29)(H,25,31)/t15-,18+,19?,20?,22+,36?/m0/s1. The molecule has 5 N–H and O–H groups in total. The maximum atomic E-state index is 13.6. The van der Waals surface area contributed by atoms with Gasteiger partial charge in [-0.2, -0.15) is 5.09 Å². The predicted molar refractivity (Wildman–Crippen MR) is 128 cm³/mol. The zero-order valence-corrected chi connectivity index (χ0v) is 21.1. The molecule has 1 fully saturated rings. The molecule has 198 valence electrons. The number of rotatable bonds is 11. The average Bonchev–Trinajstić information content (AvgIpc) is 3.11. The number of nitrogens with two attached hydrogens (primary N) is 1. The van der Waals surface area contributed by atoms with E-state index < -0.39 is 56.8 Å². The van der Waals surface area contributed by atoms with Crippen molar-refractivity contribution in [2.24, 2.45) is 5.73 Å². The first-order chi connectivity index (χ1) is 17.0. The number of benzene rings is 1. The van der Waals surface area contributed by atoms with Crippen LogP contribution >= 0.6 is 7.75 Å². The molecule has 0 aromatic heterocycles. The van der Waals surface area contributed by atoms with Crippen molar-refractivity contribution >= 4 is 19.6 Å². The van der Waals surface area contributed by atoms with Crippen LogP contribution in [0.15, 0.2) is 54.4 Å². The van der Waals surface area contributed by atoms with E-state index in [0.717, 1.165) is 0 Å². The first kappa shape index (κ1) is 27.9. The summed E-state index contributed by atoms with van der Waals surface area (Å²) in [5.41, 5.74) is 5.64. The van der Waals surface area contributed by atoms with Gasteiger partial charge in [-0.1, -0.05) is 24.3 Å². The number of para-hydroxylation sites is 1. The monoisotopic (exact) mass is 525 g/mol. The number of aliphatic hydroxyl groups is 2. The Morgan fingerprint density at radius 3 is 2.56 bits per heavy atom. The SMILES string of the molecule is CC(C)OC(=O)[C@H](C)NP(=O)(OC[C@H]1O[C@@H](N2C=CCC(C(N)=O)=C2)C(O)C1O)Oc1ccccc1. The molecule has 0 aliphatic carbocycles. The summed E-state index contributed by atoms with van der Waals surface area (Å²) in [6.45, 7) is 4.35. The first-order valence-electron chi connectivity index (χ1n) is 11.4. The number of amides is 1. The maximum absolute atomic E-state index is 13.6. The minimum absolute atomic E-state index is 0.214. The lowest BCUT2D eigenvalue weighted by molar-refractivity contribution is -0.149. The van der Waals surface area contributed by atoms with E-state index in [9.17, 15) is 24.4 Å². The van der Waals surface area contributed by atoms with Crippen LogP contribution in [0.25, 0.3) is 0 Å². The van der Waals surface area contributed by atoms with Gasteiger partial charge in [0.05, 0.1) is 12.7 Å². The van der Waals surface area contributed by atoms with E-state index in [1.807, 2.05) is 0 Å². The van der Waals surface area contributed by atoms with Crippen LogP contribution in [0.4, 0.5) is 0 Å². The number of esters is 1. The van der Waals surface area contributed by atoms with Crippen LogP contribution in [0.1, 0.15) is 27.2 Å². The molecule has 2 aliphatic heterocycles. The Labute approximate surface area is 209 Å². The van der Waals surface area contributed by atoms with Crippen molar-refractivity contribution in [2.75, 3.05) is 6.61 Å². The number of allylic oxidation sites excluding steroid dienone is 1. The smallest absolute Gasteiger partial charge is 0.459 e. The lowest BCUT2D eigenvalue weighted by atomic mass is 10.1. The van der Waals surface area contributed by atoms with Crippen LogP contribution in [0, 0.1) is 0 Å². The molecule has 0 radical (unpaired) electrons. The van der Waals surface area contributed by atoms with Gasteiger partial charge in [0, 0.05) is 18.0 Å². The van der Waals surface area contributed by atoms with Crippen molar-refractivity contribution < 1.29 is 42.9 Å². The van der Waals surface area contributed by atoms with Gasteiger partial charge in [-0.05, 0) is 39.3 Å². The quantitative estimate of drug-likeness (QED) is 0.241.